The van der Waals surface area contributed by atoms with Gasteiger partial charge in [-0.2, -0.15) is 0 Å². The van der Waals surface area contributed by atoms with E-state index in [1.807, 2.05) is 17.4 Å². The van der Waals surface area contributed by atoms with Crippen molar-refractivity contribution >= 4 is 34.3 Å². The Morgan fingerprint density at radius 2 is 2.16 bits per heavy atom. The molecule has 1 N–H and O–H groups in total. The summed E-state index contributed by atoms with van der Waals surface area (Å²) < 4.78 is 0.873. The van der Waals surface area contributed by atoms with Crippen LogP contribution >= 0.6 is 34.3 Å². The van der Waals surface area contributed by atoms with Crippen molar-refractivity contribution in [2.75, 3.05) is 0 Å². The molecule has 3 rings (SSSR count). The van der Waals surface area contributed by atoms with E-state index in [1.54, 1.807) is 11.3 Å². The molecule has 0 bridgehead atoms. The summed E-state index contributed by atoms with van der Waals surface area (Å²) in [7, 11) is 0. The van der Waals surface area contributed by atoms with E-state index in [9.17, 15) is 0 Å². The summed E-state index contributed by atoms with van der Waals surface area (Å²) >= 11 is 9.61. The molecule has 0 amide bonds. The van der Waals surface area contributed by atoms with E-state index < -0.39 is 0 Å². The van der Waals surface area contributed by atoms with Crippen molar-refractivity contribution in [2.24, 2.45) is 5.92 Å². The summed E-state index contributed by atoms with van der Waals surface area (Å²) in [5.74, 6) is 0.776. The highest BCUT2D eigenvalue weighted by Gasteiger charge is 2.27. The predicted molar refractivity (Wildman–Crippen MR) is 85.4 cm³/mol. The molecule has 1 fully saturated rings. The lowest BCUT2D eigenvalue weighted by atomic mass is 10.0. The second kappa shape index (κ2) is 5.96. The van der Waals surface area contributed by atoms with Crippen molar-refractivity contribution in [3.05, 3.63) is 43.7 Å². The van der Waals surface area contributed by atoms with Gasteiger partial charge in [-0.05, 0) is 42.3 Å². The molecule has 2 heterocycles. The number of hydrogen-bond acceptors (Lipinski definition) is 3. The Bertz CT molecular complexity index is 520. The highest BCUT2D eigenvalue weighted by atomic mass is 35.5. The minimum atomic E-state index is 0.308. The molecule has 0 saturated heterocycles. The highest BCUT2D eigenvalue weighted by Crippen LogP contribution is 2.35. The van der Waals surface area contributed by atoms with Gasteiger partial charge in [0.1, 0.15) is 0 Å². The molecule has 0 radical (unpaired) electrons. The molecule has 102 valence electrons. The second-order valence-electron chi connectivity index (χ2n) is 5.27. The summed E-state index contributed by atoms with van der Waals surface area (Å²) in [6.07, 6.45) is 3.99. The van der Waals surface area contributed by atoms with Crippen LogP contribution in [-0.2, 0) is 0 Å². The molecule has 0 aromatic carbocycles. The monoisotopic (exact) mass is 311 g/mol. The fourth-order valence-electron chi connectivity index (χ4n) is 2.85. The maximum atomic E-state index is 6.11. The lowest BCUT2D eigenvalue weighted by molar-refractivity contribution is 0.404. The van der Waals surface area contributed by atoms with E-state index in [-0.39, 0.29) is 0 Å². The predicted octanol–water partition coefficient (Wildman–Crippen LogP) is 5.33. The van der Waals surface area contributed by atoms with Gasteiger partial charge in [0.05, 0.1) is 10.4 Å². The summed E-state index contributed by atoms with van der Waals surface area (Å²) in [5, 5.41) is 6.01. The Morgan fingerprint density at radius 3 is 2.74 bits per heavy atom. The van der Waals surface area contributed by atoms with Gasteiger partial charge in [0.25, 0.3) is 0 Å². The van der Waals surface area contributed by atoms with Gasteiger partial charge in [-0.15, -0.1) is 22.7 Å². The number of hydrogen-bond donors (Lipinski definition) is 1. The molecule has 1 aliphatic rings. The summed E-state index contributed by atoms with van der Waals surface area (Å²) in [4.78, 5) is 2.71. The Labute approximate surface area is 127 Å². The lowest BCUT2D eigenvalue weighted by Gasteiger charge is -2.24. The molecule has 4 heteroatoms. The first kappa shape index (κ1) is 13.6. The molecule has 0 spiro atoms. The van der Waals surface area contributed by atoms with Crippen molar-refractivity contribution in [2.45, 2.75) is 38.3 Å². The van der Waals surface area contributed by atoms with Crippen molar-refractivity contribution < 1.29 is 0 Å². The SMILES string of the molecule is CC1CCCC1NC(c1cccs1)c1ccc(Cl)s1. The van der Waals surface area contributed by atoms with Crippen LogP contribution in [0.25, 0.3) is 0 Å². The zero-order chi connectivity index (χ0) is 13.2. The minimum absolute atomic E-state index is 0.308. The largest absolute Gasteiger partial charge is 0.302 e. The van der Waals surface area contributed by atoms with E-state index in [0.717, 1.165) is 10.3 Å². The van der Waals surface area contributed by atoms with Gasteiger partial charge < -0.3 is 5.32 Å². The number of halogens is 1. The van der Waals surface area contributed by atoms with Crippen LogP contribution in [0.2, 0.25) is 4.34 Å². The van der Waals surface area contributed by atoms with Crippen LogP contribution in [-0.4, -0.2) is 6.04 Å². The number of nitrogens with one attached hydrogen (secondary N) is 1. The van der Waals surface area contributed by atoms with Gasteiger partial charge in [-0.25, -0.2) is 0 Å². The topological polar surface area (TPSA) is 12.0 Å². The van der Waals surface area contributed by atoms with Crippen molar-refractivity contribution in [1.82, 2.24) is 5.32 Å². The van der Waals surface area contributed by atoms with Gasteiger partial charge in [0.2, 0.25) is 0 Å². The summed E-state index contributed by atoms with van der Waals surface area (Å²) in [6, 6.07) is 9.44. The molecule has 3 atom stereocenters. The zero-order valence-electron chi connectivity index (χ0n) is 10.9. The van der Waals surface area contributed by atoms with Gasteiger partial charge in [-0.1, -0.05) is 31.0 Å². The van der Waals surface area contributed by atoms with Crippen LogP contribution in [0.15, 0.2) is 29.6 Å². The third kappa shape index (κ3) is 3.05. The minimum Gasteiger partial charge on any atom is -0.302 e. The Morgan fingerprint density at radius 1 is 1.26 bits per heavy atom. The molecular weight excluding hydrogens is 294 g/mol. The standard InChI is InChI=1S/C15H18ClNS2/c1-10-4-2-5-11(10)17-15(12-6-3-9-18-12)13-7-8-14(16)19-13/h3,6-11,15,17H,2,4-5H2,1H3. The average molecular weight is 312 g/mol. The molecule has 2 aromatic rings. The fraction of sp³-hybridized carbons (Fsp3) is 0.467. The van der Waals surface area contributed by atoms with E-state index in [0.29, 0.717) is 12.1 Å². The van der Waals surface area contributed by atoms with Crippen molar-refractivity contribution in [3.8, 4) is 0 Å². The maximum Gasteiger partial charge on any atom is 0.0931 e. The maximum absolute atomic E-state index is 6.11. The van der Waals surface area contributed by atoms with E-state index in [4.69, 9.17) is 11.6 Å². The Balaban J connectivity index is 1.84. The quantitative estimate of drug-likeness (QED) is 0.804. The molecule has 1 nitrogen and oxygen atoms in total. The molecule has 3 unspecified atom stereocenters. The van der Waals surface area contributed by atoms with E-state index in [2.05, 4.69) is 35.8 Å². The van der Waals surface area contributed by atoms with Crippen molar-refractivity contribution in [3.63, 3.8) is 0 Å². The Kier molecular flexibility index (Phi) is 4.27. The van der Waals surface area contributed by atoms with Gasteiger partial charge in [0, 0.05) is 15.8 Å². The summed E-state index contributed by atoms with van der Waals surface area (Å²) in [6.45, 7) is 2.36. The second-order valence-corrected chi connectivity index (χ2v) is 8.00. The Hall–Kier alpha value is -0.350. The van der Waals surface area contributed by atoms with Gasteiger partial charge in [-0.3, -0.25) is 0 Å². The molecule has 2 aromatic heterocycles. The summed E-state index contributed by atoms with van der Waals surface area (Å²) in [5.41, 5.74) is 0. The molecule has 1 aliphatic carbocycles. The first-order chi connectivity index (χ1) is 9.24. The first-order valence-electron chi connectivity index (χ1n) is 6.78. The molecule has 1 saturated carbocycles. The van der Waals surface area contributed by atoms with Crippen LogP contribution in [0, 0.1) is 5.92 Å². The van der Waals surface area contributed by atoms with Crippen molar-refractivity contribution in [1.29, 1.82) is 0 Å². The van der Waals surface area contributed by atoms with Crippen LogP contribution < -0.4 is 5.32 Å². The third-order valence-electron chi connectivity index (χ3n) is 3.95. The van der Waals surface area contributed by atoms with Crippen LogP contribution in [0.3, 0.4) is 0 Å². The van der Waals surface area contributed by atoms with Gasteiger partial charge >= 0.3 is 0 Å². The first-order valence-corrected chi connectivity index (χ1v) is 8.86. The lowest BCUT2D eigenvalue weighted by Crippen LogP contribution is -2.34. The molecule has 19 heavy (non-hydrogen) atoms. The normalized spacial score (nSPS) is 24.7. The highest BCUT2D eigenvalue weighted by molar-refractivity contribution is 7.16. The van der Waals surface area contributed by atoms with E-state index in [1.165, 1.54) is 29.0 Å². The number of rotatable bonds is 4. The van der Waals surface area contributed by atoms with Crippen LogP contribution in [0.1, 0.15) is 42.0 Å². The third-order valence-corrected chi connectivity index (χ3v) is 6.18. The molecular formula is C15H18ClNS2. The smallest absolute Gasteiger partial charge is 0.0931 e. The van der Waals surface area contributed by atoms with E-state index >= 15 is 0 Å². The zero-order valence-corrected chi connectivity index (χ0v) is 13.3. The average Bonchev–Trinajstić information content (AvgIpc) is 3.09. The van der Waals surface area contributed by atoms with Crippen LogP contribution in [0.4, 0.5) is 0 Å². The molecule has 0 aliphatic heterocycles. The fourth-order valence-corrected chi connectivity index (χ4v) is 4.87. The van der Waals surface area contributed by atoms with Gasteiger partial charge in [0.15, 0.2) is 0 Å². The van der Waals surface area contributed by atoms with Crippen LogP contribution in [0.5, 0.6) is 0 Å². The number of thiophene rings is 2.